The predicted molar refractivity (Wildman–Crippen MR) is 71.7 cm³/mol. The highest BCUT2D eigenvalue weighted by Gasteiger charge is 2.35. The zero-order valence-electron chi connectivity index (χ0n) is 10.9. The Morgan fingerprint density at radius 3 is 2.78 bits per heavy atom. The molecule has 0 amide bonds. The van der Waals surface area contributed by atoms with E-state index < -0.39 is 5.41 Å². The molecule has 0 bridgehead atoms. The smallest absolute Gasteiger partial charge is 0.316 e. The third kappa shape index (κ3) is 2.06. The molecule has 0 aliphatic carbocycles. The van der Waals surface area contributed by atoms with Gasteiger partial charge in [-0.2, -0.15) is 0 Å². The molecular formula is C13H16N2O2S. The minimum absolute atomic E-state index is 0.243. The summed E-state index contributed by atoms with van der Waals surface area (Å²) in [7, 11) is 1.41. The van der Waals surface area contributed by atoms with Crippen LogP contribution >= 0.6 is 11.3 Å². The third-order valence-electron chi connectivity index (χ3n) is 2.89. The molecule has 2 rings (SSSR count). The summed E-state index contributed by atoms with van der Waals surface area (Å²) < 4.78 is 4.86. The number of hydrogen-bond acceptors (Lipinski definition) is 4. The lowest BCUT2D eigenvalue weighted by Crippen LogP contribution is -2.29. The molecule has 0 aromatic carbocycles. The first kappa shape index (κ1) is 12.8. The summed E-state index contributed by atoms with van der Waals surface area (Å²) in [5.41, 5.74) is 1.18. The summed E-state index contributed by atoms with van der Waals surface area (Å²) in [5.74, 6) is -0.243. The van der Waals surface area contributed by atoms with Gasteiger partial charge in [-0.3, -0.25) is 4.79 Å². The van der Waals surface area contributed by atoms with Gasteiger partial charge in [0.25, 0.3) is 0 Å². The Morgan fingerprint density at radius 1 is 1.50 bits per heavy atom. The first-order valence-corrected chi connectivity index (χ1v) is 6.48. The molecule has 0 fully saturated rings. The molecule has 2 heterocycles. The SMILES string of the molecule is COC(=O)C(C)(C)c1sc(-c2ccc[nH]2)nc1C. The molecule has 1 N–H and O–H groups in total. The summed E-state index contributed by atoms with van der Waals surface area (Å²) in [5, 5.41) is 0.893. The van der Waals surface area contributed by atoms with E-state index in [1.54, 1.807) is 0 Å². The monoisotopic (exact) mass is 264 g/mol. The molecule has 2 aromatic heterocycles. The normalized spacial score (nSPS) is 11.6. The van der Waals surface area contributed by atoms with Gasteiger partial charge >= 0.3 is 5.97 Å². The van der Waals surface area contributed by atoms with Crippen molar-refractivity contribution in [3.8, 4) is 10.7 Å². The van der Waals surface area contributed by atoms with Gasteiger partial charge in [-0.05, 0) is 32.9 Å². The van der Waals surface area contributed by atoms with E-state index >= 15 is 0 Å². The topological polar surface area (TPSA) is 55.0 Å². The summed E-state index contributed by atoms with van der Waals surface area (Å²) in [6, 6.07) is 3.89. The fourth-order valence-corrected chi connectivity index (χ4v) is 3.05. The van der Waals surface area contributed by atoms with Crippen molar-refractivity contribution in [1.82, 2.24) is 9.97 Å². The second kappa shape index (κ2) is 4.57. The Bertz CT molecular complexity index is 556. The number of aryl methyl sites for hydroxylation is 1. The Labute approximate surface area is 110 Å². The molecule has 0 spiro atoms. The number of methoxy groups -OCH3 is 1. The largest absolute Gasteiger partial charge is 0.468 e. The number of rotatable bonds is 3. The van der Waals surface area contributed by atoms with Crippen LogP contribution in [0.4, 0.5) is 0 Å². The maximum absolute atomic E-state index is 11.8. The van der Waals surface area contributed by atoms with Crippen LogP contribution in [-0.4, -0.2) is 23.0 Å². The fraction of sp³-hybridized carbons (Fsp3) is 0.385. The van der Waals surface area contributed by atoms with Crippen LogP contribution in [0.3, 0.4) is 0 Å². The van der Waals surface area contributed by atoms with Crippen LogP contribution in [0.15, 0.2) is 18.3 Å². The van der Waals surface area contributed by atoms with Crippen molar-refractivity contribution in [3.05, 3.63) is 28.9 Å². The lowest BCUT2D eigenvalue weighted by Gasteiger charge is -2.20. The second-order valence-electron chi connectivity index (χ2n) is 4.63. The number of nitrogens with zero attached hydrogens (tertiary/aromatic N) is 1. The van der Waals surface area contributed by atoms with Gasteiger partial charge in [-0.15, -0.1) is 11.3 Å². The first-order valence-electron chi connectivity index (χ1n) is 5.67. The quantitative estimate of drug-likeness (QED) is 0.867. The van der Waals surface area contributed by atoms with Crippen molar-refractivity contribution in [2.24, 2.45) is 0 Å². The Morgan fingerprint density at radius 2 is 2.22 bits per heavy atom. The minimum Gasteiger partial charge on any atom is -0.468 e. The maximum atomic E-state index is 11.8. The van der Waals surface area contributed by atoms with Gasteiger partial charge in [0.05, 0.1) is 23.9 Å². The standard InChI is InChI=1S/C13H16N2O2S/c1-8-10(13(2,3)12(16)17-4)18-11(15-8)9-6-5-7-14-9/h5-7,14H,1-4H3. The van der Waals surface area contributed by atoms with Gasteiger partial charge in [-0.1, -0.05) is 0 Å². The van der Waals surface area contributed by atoms with E-state index in [9.17, 15) is 4.79 Å². The highest BCUT2D eigenvalue weighted by atomic mass is 32.1. The number of H-pyrrole nitrogens is 1. The van der Waals surface area contributed by atoms with E-state index in [4.69, 9.17) is 4.74 Å². The van der Waals surface area contributed by atoms with E-state index in [0.717, 1.165) is 21.3 Å². The number of aromatic amines is 1. The summed E-state index contributed by atoms with van der Waals surface area (Å²) in [6.45, 7) is 5.64. The van der Waals surface area contributed by atoms with Crippen LogP contribution in [-0.2, 0) is 14.9 Å². The number of esters is 1. The van der Waals surface area contributed by atoms with Crippen molar-refractivity contribution in [3.63, 3.8) is 0 Å². The van der Waals surface area contributed by atoms with Crippen molar-refractivity contribution >= 4 is 17.3 Å². The average molecular weight is 264 g/mol. The molecule has 0 atom stereocenters. The Hall–Kier alpha value is -1.62. The highest BCUT2D eigenvalue weighted by molar-refractivity contribution is 7.15. The summed E-state index contributed by atoms with van der Waals surface area (Å²) >= 11 is 1.52. The van der Waals surface area contributed by atoms with Gasteiger partial charge in [0, 0.05) is 11.1 Å². The van der Waals surface area contributed by atoms with E-state index in [1.807, 2.05) is 39.1 Å². The zero-order chi connectivity index (χ0) is 13.3. The van der Waals surface area contributed by atoms with Crippen molar-refractivity contribution in [2.75, 3.05) is 7.11 Å². The molecule has 0 saturated heterocycles. The lowest BCUT2D eigenvalue weighted by molar-refractivity contribution is -0.146. The first-order chi connectivity index (χ1) is 8.46. The van der Waals surface area contributed by atoms with Crippen LogP contribution in [0.2, 0.25) is 0 Å². The van der Waals surface area contributed by atoms with E-state index in [1.165, 1.54) is 18.4 Å². The number of aromatic nitrogens is 2. The lowest BCUT2D eigenvalue weighted by atomic mass is 9.91. The summed E-state index contributed by atoms with van der Waals surface area (Å²) in [6.07, 6.45) is 1.86. The molecule has 0 aliphatic heterocycles. The maximum Gasteiger partial charge on any atom is 0.316 e. The molecule has 4 nitrogen and oxygen atoms in total. The van der Waals surface area contributed by atoms with Crippen LogP contribution in [0.1, 0.15) is 24.4 Å². The van der Waals surface area contributed by atoms with Crippen molar-refractivity contribution in [2.45, 2.75) is 26.2 Å². The molecule has 2 aromatic rings. The number of carbonyl (C=O) groups excluding carboxylic acids is 1. The molecule has 18 heavy (non-hydrogen) atoms. The number of thiazole rings is 1. The second-order valence-corrected chi connectivity index (χ2v) is 5.63. The van der Waals surface area contributed by atoms with Crippen LogP contribution < -0.4 is 0 Å². The van der Waals surface area contributed by atoms with E-state index in [0.29, 0.717) is 0 Å². The molecule has 0 aliphatic rings. The van der Waals surface area contributed by atoms with Crippen molar-refractivity contribution < 1.29 is 9.53 Å². The van der Waals surface area contributed by atoms with Gasteiger partial charge < -0.3 is 9.72 Å². The molecular weight excluding hydrogens is 248 g/mol. The summed E-state index contributed by atoms with van der Waals surface area (Å²) in [4.78, 5) is 20.4. The molecule has 96 valence electrons. The number of hydrogen-bond donors (Lipinski definition) is 1. The van der Waals surface area contributed by atoms with Gasteiger partial charge in [0.1, 0.15) is 5.01 Å². The number of carbonyl (C=O) groups is 1. The van der Waals surface area contributed by atoms with Gasteiger partial charge in [-0.25, -0.2) is 4.98 Å². The molecule has 0 unspecified atom stereocenters. The number of nitrogens with one attached hydrogen (secondary N) is 1. The number of ether oxygens (including phenoxy) is 1. The van der Waals surface area contributed by atoms with Crippen molar-refractivity contribution in [1.29, 1.82) is 0 Å². The van der Waals surface area contributed by atoms with E-state index in [-0.39, 0.29) is 5.97 Å². The molecule has 0 saturated carbocycles. The zero-order valence-corrected chi connectivity index (χ0v) is 11.7. The van der Waals surface area contributed by atoms with Crippen LogP contribution in [0, 0.1) is 6.92 Å². The fourth-order valence-electron chi connectivity index (χ4n) is 1.90. The van der Waals surface area contributed by atoms with Crippen LogP contribution in [0.25, 0.3) is 10.7 Å². The third-order valence-corrected chi connectivity index (χ3v) is 4.40. The average Bonchev–Trinajstić information content (AvgIpc) is 2.96. The van der Waals surface area contributed by atoms with Gasteiger partial charge in [0.2, 0.25) is 0 Å². The Kier molecular flexibility index (Phi) is 3.26. The molecule has 5 heteroatoms. The molecule has 0 radical (unpaired) electrons. The van der Waals surface area contributed by atoms with Crippen LogP contribution in [0.5, 0.6) is 0 Å². The highest BCUT2D eigenvalue weighted by Crippen LogP contribution is 2.36. The Balaban J connectivity index is 2.44. The van der Waals surface area contributed by atoms with E-state index in [2.05, 4.69) is 9.97 Å². The van der Waals surface area contributed by atoms with Gasteiger partial charge in [0.15, 0.2) is 0 Å². The minimum atomic E-state index is -0.665. The predicted octanol–water partition coefficient (Wildman–Crippen LogP) is 2.90.